The van der Waals surface area contributed by atoms with E-state index in [1.165, 1.54) is 11.0 Å². The summed E-state index contributed by atoms with van der Waals surface area (Å²) in [5.74, 6) is 1.19. The molecule has 3 N–H and O–H groups in total. The maximum Gasteiger partial charge on any atom is 0.419 e. The third kappa shape index (κ3) is 5.93. The molecule has 0 aliphatic rings. The van der Waals surface area contributed by atoms with E-state index in [0.717, 1.165) is 29.4 Å². The van der Waals surface area contributed by atoms with E-state index < -0.39 is 16.3 Å². The Hall–Kier alpha value is -2.66. The first-order chi connectivity index (χ1) is 12.9. The van der Waals surface area contributed by atoms with E-state index in [4.69, 9.17) is 14.6 Å². The minimum Gasteiger partial charge on any atom is -0.493 e. The number of fused-ring (bicyclic) bond motifs is 1. The van der Waals surface area contributed by atoms with Gasteiger partial charge in [-0.05, 0) is 25.3 Å². The van der Waals surface area contributed by atoms with Gasteiger partial charge in [0.25, 0.3) is 0 Å². The summed E-state index contributed by atoms with van der Waals surface area (Å²) in [6.45, 7) is 0.151. The number of hydrogen-bond donors (Lipinski definition) is 3. The van der Waals surface area contributed by atoms with Crippen molar-refractivity contribution in [3.05, 3.63) is 24.2 Å². The number of amides is 1. The van der Waals surface area contributed by atoms with Crippen molar-refractivity contribution in [3.8, 4) is 11.5 Å². The van der Waals surface area contributed by atoms with Crippen molar-refractivity contribution in [1.29, 1.82) is 0 Å². The predicted octanol–water partition coefficient (Wildman–Crippen LogP) is 1.46. The van der Waals surface area contributed by atoms with E-state index in [9.17, 15) is 13.2 Å². The molecule has 1 aromatic heterocycles. The molecule has 0 fully saturated rings. The third-order valence-corrected chi connectivity index (χ3v) is 4.85. The fourth-order valence-electron chi connectivity index (χ4n) is 2.59. The molecule has 27 heavy (non-hydrogen) atoms. The van der Waals surface area contributed by atoms with E-state index in [2.05, 4.69) is 14.7 Å². The number of aryl methyl sites for hydroxylation is 1. The van der Waals surface area contributed by atoms with Crippen molar-refractivity contribution in [2.75, 3.05) is 20.8 Å². The van der Waals surface area contributed by atoms with E-state index in [-0.39, 0.29) is 6.54 Å². The zero-order chi connectivity index (χ0) is 19.9. The number of aromatic nitrogens is 2. The topological polar surface area (TPSA) is 140 Å². The van der Waals surface area contributed by atoms with Gasteiger partial charge in [-0.3, -0.25) is 0 Å². The number of rotatable bonds is 10. The van der Waals surface area contributed by atoms with Gasteiger partial charge in [-0.1, -0.05) is 6.42 Å². The van der Waals surface area contributed by atoms with Crippen LogP contribution in [0.2, 0.25) is 0 Å². The van der Waals surface area contributed by atoms with Gasteiger partial charge in [0.15, 0.2) is 11.5 Å². The number of carbonyl (C=O) groups is 1. The van der Waals surface area contributed by atoms with Crippen molar-refractivity contribution in [2.24, 2.45) is 0 Å². The van der Waals surface area contributed by atoms with E-state index in [1.807, 2.05) is 6.07 Å². The molecule has 0 aliphatic carbocycles. The van der Waals surface area contributed by atoms with Gasteiger partial charge < -0.3 is 14.6 Å². The molecule has 1 amide bonds. The number of methoxy groups -OCH3 is 2. The number of ether oxygens (including phenoxy) is 2. The highest BCUT2D eigenvalue weighted by molar-refractivity contribution is 7.88. The SMILES string of the molecule is COc1cc2ncnc(CCCCCNS(=O)(=O)NC(=O)O)c2cc1OC. The van der Waals surface area contributed by atoms with Crippen LogP contribution in [0.5, 0.6) is 11.5 Å². The fraction of sp³-hybridized carbons (Fsp3) is 0.438. The molecule has 0 spiro atoms. The Morgan fingerprint density at radius 3 is 2.48 bits per heavy atom. The second-order valence-corrected chi connectivity index (χ2v) is 7.16. The number of nitrogens with one attached hydrogen (secondary N) is 2. The minimum absolute atomic E-state index is 0.151. The van der Waals surface area contributed by atoms with Crippen molar-refractivity contribution in [1.82, 2.24) is 19.4 Å². The number of unbranched alkanes of at least 4 members (excludes halogenated alkanes) is 2. The Kier molecular flexibility index (Phi) is 7.13. The van der Waals surface area contributed by atoms with Crippen LogP contribution in [-0.4, -0.2) is 50.3 Å². The zero-order valence-electron chi connectivity index (χ0n) is 15.1. The van der Waals surface area contributed by atoms with E-state index >= 15 is 0 Å². The summed E-state index contributed by atoms with van der Waals surface area (Å²) in [4.78, 5) is 18.9. The van der Waals surface area contributed by atoms with Crippen LogP contribution in [0.4, 0.5) is 4.79 Å². The van der Waals surface area contributed by atoms with Crippen LogP contribution >= 0.6 is 0 Å². The van der Waals surface area contributed by atoms with Crippen LogP contribution in [0.3, 0.4) is 0 Å². The molecule has 0 saturated heterocycles. The first kappa shape index (κ1) is 20.6. The Balaban J connectivity index is 1.91. The van der Waals surface area contributed by atoms with Crippen molar-refractivity contribution >= 4 is 27.2 Å². The van der Waals surface area contributed by atoms with E-state index in [0.29, 0.717) is 24.3 Å². The molecule has 0 radical (unpaired) electrons. The molecule has 0 atom stereocenters. The quantitative estimate of drug-likeness (QED) is 0.511. The average molecular weight is 398 g/mol. The molecule has 2 aromatic rings. The van der Waals surface area contributed by atoms with Crippen LogP contribution in [0.1, 0.15) is 25.0 Å². The fourth-order valence-corrected chi connectivity index (χ4v) is 3.30. The van der Waals surface area contributed by atoms with Crippen LogP contribution in [0, 0.1) is 0 Å². The lowest BCUT2D eigenvalue weighted by molar-refractivity contribution is 0.201. The Labute approximate surface area is 157 Å². The molecule has 0 unspecified atom stereocenters. The van der Waals surface area contributed by atoms with Gasteiger partial charge in [0.05, 0.1) is 25.4 Å². The molecule has 1 heterocycles. The number of nitrogens with zero attached hydrogens (tertiary/aromatic N) is 2. The van der Waals surface area contributed by atoms with Gasteiger partial charge in [-0.15, -0.1) is 0 Å². The molecule has 11 heteroatoms. The maximum absolute atomic E-state index is 11.3. The molecule has 2 rings (SSSR count). The number of carboxylic acid groups (broad SMARTS) is 1. The summed E-state index contributed by atoms with van der Waals surface area (Å²) in [5.41, 5.74) is 1.62. The van der Waals surface area contributed by atoms with Crippen molar-refractivity contribution in [2.45, 2.75) is 25.7 Å². The van der Waals surface area contributed by atoms with Crippen molar-refractivity contribution < 1.29 is 27.8 Å². The third-order valence-electron chi connectivity index (χ3n) is 3.83. The zero-order valence-corrected chi connectivity index (χ0v) is 15.9. The van der Waals surface area contributed by atoms with Gasteiger partial charge >= 0.3 is 16.3 Å². The first-order valence-corrected chi connectivity index (χ1v) is 9.70. The Morgan fingerprint density at radius 2 is 1.81 bits per heavy atom. The summed E-state index contributed by atoms with van der Waals surface area (Å²) in [7, 11) is -0.885. The molecule has 0 bridgehead atoms. The summed E-state index contributed by atoms with van der Waals surface area (Å²) in [5, 5.41) is 9.29. The second-order valence-electron chi connectivity index (χ2n) is 5.66. The molecule has 148 valence electrons. The van der Waals surface area contributed by atoms with Crippen LogP contribution in [0.15, 0.2) is 18.5 Å². The van der Waals surface area contributed by atoms with Crippen LogP contribution in [0.25, 0.3) is 10.9 Å². The molecule has 1 aromatic carbocycles. The van der Waals surface area contributed by atoms with E-state index in [1.54, 1.807) is 20.3 Å². The maximum atomic E-state index is 11.3. The van der Waals surface area contributed by atoms with Crippen LogP contribution in [-0.2, 0) is 16.6 Å². The lowest BCUT2D eigenvalue weighted by Gasteiger charge is -2.11. The smallest absolute Gasteiger partial charge is 0.419 e. The molecule has 0 saturated carbocycles. The summed E-state index contributed by atoms with van der Waals surface area (Å²) >= 11 is 0. The van der Waals surface area contributed by atoms with Gasteiger partial charge in [-0.25, -0.2) is 19.5 Å². The van der Waals surface area contributed by atoms with Gasteiger partial charge in [0.1, 0.15) is 6.33 Å². The lowest BCUT2D eigenvalue weighted by atomic mass is 10.1. The predicted molar refractivity (Wildman–Crippen MR) is 98.3 cm³/mol. The molecule has 10 nitrogen and oxygen atoms in total. The standard InChI is InChI=1S/C16H22N4O6S/c1-25-14-8-11-12(17-10-18-13(11)9-15(14)26-2)6-4-3-5-7-19-27(23,24)20-16(21)22/h8-10,19-20H,3-7H2,1-2H3,(H,21,22). The first-order valence-electron chi connectivity index (χ1n) is 8.22. The lowest BCUT2D eigenvalue weighted by Crippen LogP contribution is -2.39. The highest BCUT2D eigenvalue weighted by Gasteiger charge is 2.12. The Bertz CT molecular complexity index is 903. The summed E-state index contributed by atoms with van der Waals surface area (Å²) in [6.07, 6.45) is 2.67. The second kappa shape index (κ2) is 9.33. The molecular formula is C16H22N4O6S. The van der Waals surface area contributed by atoms with Gasteiger partial charge in [0, 0.05) is 18.0 Å². The largest absolute Gasteiger partial charge is 0.493 e. The monoisotopic (exact) mass is 398 g/mol. The number of hydrogen-bond acceptors (Lipinski definition) is 7. The van der Waals surface area contributed by atoms with Crippen molar-refractivity contribution in [3.63, 3.8) is 0 Å². The summed E-state index contributed by atoms with van der Waals surface area (Å²) in [6, 6.07) is 3.64. The molecule has 0 aliphatic heterocycles. The number of benzene rings is 1. The van der Waals surface area contributed by atoms with Gasteiger partial charge in [-0.2, -0.15) is 13.1 Å². The minimum atomic E-state index is -4.01. The normalized spacial score (nSPS) is 11.3. The highest BCUT2D eigenvalue weighted by atomic mass is 32.2. The Morgan fingerprint density at radius 1 is 1.11 bits per heavy atom. The summed E-state index contributed by atoms with van der Waals surface area (Å²) < 4.78 is 36.8. The van der Waals surface area contributed by atoms with Gasteiger partial charge in [0.2, 0.25) is 0 Å². The molecular weight excluding hydrogens is 376 g/mol. The average Bonchev–Trinajstić information content (AvgIpc) is 2.62. The highest BCUT2D eigenvalue weighted by Crippen LogP contribution is 2.32. The van der Waals surface area contributed by atoms with Crippen LogP contribution < -0.4 is 18.9 Å².